The van der Waals surface area contributed by atoms with E-state index in [1.54, 1.807) is 63.2 Å². The lowest BCUT2D eigenvalue weighted by molar-refractivity contribution is 0.568. The third kappa shape index (κ3) is 2.10. The molecule has 0 aromatic carbocycles. The van der Waals surface area contributed by atoms with Gasteiger partial charge >= 0.3 is 0 Å². The van der Waals surface area contributed by atoms with E-state index in [0.717, 1.165) is 4.90 Å². The second-order valence-corrected chi connectivity index (χ2v) is 11.6. The predicted molar refractivity (Wildman–Crippen MR) is 77.3 cm³/mol. The molecule has 0 unspecified atom stereocenters. The number of hydrogen-bond donors (Lipinski definition) is 0. The van der Waals surface area contributed by atoms with Gasteiger partial charge in [-0.3, -0.25) is 0 Å². The zero-order valence-corrected chi connectivity index (χ0v) is 12.2. The highest BCUT2D eigenvalue weighted by Crippen LogP contribution is 2.75. The van der Waals surface area contributed by atoms with Crippen molar-refractivity contribution < 1.29 is 0 Å². The molecule has 3 aliphatic rings. The molecule has 2 aliphatic heterocycles. The van der Waals surface area contributed by atoms with Crippen LogP contribution in [0.1, 0.15) is 51.4 Å². The molecule has 0 amide bonds. The Morgan fingerprint density at radius 2 is 1.25 bits per heavy atom. The molecule has 0 N–H and O–H groups in total. The molecule has 2 heteroatoms. The number of hydrogen-bond acceptors (Lipinski definition) is 0. The summed E-state index contributed by atoms with van der Waals surface area (Å²) in [7, 11) is 0.829. The highest BCUT2D eigenvalue weighted by Gasteiger charge is 2.46. The molecule has 16 heavy (non-hydrogen) atoms. The van der Waals surface area contributed by atoms with E-state index in [0.29, 0.717) is 15.8 Å². The molecule has 2 heterocycles. The van der Waals surface area contributed by atoms with E-state index in [9.17, 15) is 0 Å². The molecule has 0 atom stereocenters. The van der Waals surface area contributed by atoms with E-state index in [2.05, 4.69) is 6.42 Å². The van der Waals surface area contributed by atoms with Crippen LogP contribution in [0, 0.1) is 6.42 Å². The molecule has 1 aliphatic carbocycles. The lowest BCUT2D eigenvalue weighted by atomic mass is 9.99. The summed E-state index contributed by atoms with van der Waals surface area (Å²) in [6.45, 7) is 0. The van der Waals surface area contributed by atoms with Gasteiger partial charge in [-0.05, 0) is 69.6 Å². The standard InChI is InChI=1S/C14H25P2/c1-2-8-14(9-3-1,15-10-4-5-11-15)16-12-6-7-13-16/h8H,1-7,9-13H2. The fraction of sp³-hybridized carbons (Fsp3) is 0.929. The van der Waals surface area contributed by atoms with Crippen LogP contribution < -0.4 is 0 Å². The van der Waals surface area contributed by atoms with Gasteiger partial charge < -0.3 is 0 Å². The maximum Gasteiger partial charge on any atom is 0.0137 e. The van der Waals surface area contributed by atoms with E-state index >= 15 is 0 Å². The summed E-state index contributed by atoms with van der Waals surface area (Å²) in [6.07, 6.45) is 21.7. The molecule has 3 fully saturated rings. The Kier molecular flexibility index (Phi) is 3.90. The molecule has 0 spiro atoms. The Bertz CT molecular complexity index is 203. The molecule has 91 valence electrons. The maximum absolute atomic E-state index is 2.87. The van der Waals surface area contributed by atoms with Crippen LogP contribution in [-0.2, 0) is 0 Å². The Morgan fingerprint density at radius 1 is 0.688 bits per heavy atom. The molecule has 0 bridgehead atoms. The minimum absolute atomic E-state index is 0.415. The van der Waals surface area contributed by atoms with Crippen molar-refractivity contribution >= 4 is 15.8 Å². The highest BCUT2D eigenvalue weighted by atomic mass is 31.2. The number of rotatable bonds is 2. The third-order valence-electron chi connectivity index (χ3n) is 4.78. The van der Waals surface area contributed by atoms with Crippen LogP contribution in [0.3, 0.4) is 0 Å². The van der Waals surface area contributed by atoms with Crippen LogP contribution >= 0.6 is 15.8 Å². The van der Waals surface area contributed by atoms with E-state index in [1.807, 2.05) is 0 Å². The molecular weight excluding hydrogens is 230 g/mol. The Hall–Kier alpha value is 0.860. The quantitative estimate of drug-likeness (QED) is 0.608. The van der Waals surface area contributed by atoms with Gasteiger partial charge in [-0.1, -0.05) is 28.7 Å². The maximum atomic E-state index is 2.87. The largest absolute Gasteiger partial charge is 0.0956 e. The molecule has 0 nitrogen and oxygen atoms in total. The van der Waals surface area contributed by atoms with Crippen molar-refractivity contribution in [3.05, 3.63) is 6.42 Å². The topological polar surface area (TPSA) is 0 Å². The Balaban J connectivity index is 1.79. The third-order valence-corrected chi connectivity index (χ3v) is 12.9. The molecule has 1 radical (unpaired) electrons. The van der Waals surface area contributed by atoms with Crippen LogP contribution in [0.15, 0.2) is 0 Å². The van der Waals surface area contributed by atoms with E-state index in [4.69, 9.17) is 0 Å². The molecule has 0 aromatic heterocycles. The summed E-state index contributed by atoms with van der Waals surface area (Å²) >= 11 is 0. The lowest BCUT2D eigenvalue weighted by Crippen LogP contribution is -2.30. The Labute approximate surface area is 103 Å². The van der Waals surface area contributed by atoms with Crippen LogP contribution in [0.4, 0.5) is 0 Å². The van der Waals surface area contributed by atoms with Crippen molar-refractivity contribution in [1.29, 1.82) is 0 Å². The van der Waals surface area contributed by atoms with Gasteiger partial charge in [0.1, 0.15) is 0 Å². The van der Waals surface area contributed by atoms with Gasteiger partial charge in [0.05, 0.1) is 0 Å². The SMILES string of the molecule is [CH]1CCCCC1(P1CCCC1)P1CCCC1. The first-order valence-electron chi connectivity index (χ1n) is 7.26. The summed E-state index contributed by atoms with van der Waals surface area (Å²) in [5.74, 6) is 0. The van der Waals surface area contributed by atoms with Gasteiger partial charge in [0.2, 0.25) is 0 Å². The van der Waals surface area contributed by atoms with E-state index < -0.39 is 0 Å². The summed E-state index contributed by atoms with van der Waals surface area (Å²) in [5, 5.41) is 0. The van der Waals surface area contributed by atoms with Gasteiger partial charge in [-0.2, -0.15) is 0 Å². The summed E-state index contributed by atoms with van der Waals surface area (Å²) in [6, 6.07) is 0. The zero-order valence-electron chi connectivity index (χ0n) is 10.5. The van der Waals surface area contributed by atoms with Crippen molar-refractivity contribution in [3.63, 3.8) is 0 Å². The van der Waals surface area contributed by atoms with Crippen molar-refractivity contribution in [3.8, 4) is 0 Å². The molecule has 2 saturated heterocycles. The summed E-state index contributed by atoms with van der Waals surface area (Å²) in [5.41, 5.74) is 0. The minimum Gasteiger partial charge on any atom is -0.0956 e. The first-order valence-corrected chi connectivity index (χ1v) is 10.7. The summed E-state index contributed by atoms with van der Waals surface area (Å²) < 4.78 is 0. The van der Waals surface area contributed by atoms with E-state index in [1.165, 1.54) is 12.8 Å². The predicted octanol–water partition coefficient (Wildman–Crippen LogP) is 5.01. The van der Waals surface area contributed by atoms with E-state index in [-0.39, 0.29) is 0 Å². The van der Waals surface area contributed by atoms with Crippen molar-refractivity contribution in [1.82, 2.24) is 0 Å². The zero-order chi connectivity index (χ0) is 10.8. The van der Waals surface area contributed by atoms with Gasteiger partial charge in [-0.15, -0.1) is 0 Å². The van der Waals surface area contributed by atoms with Gasteiger partial charge in [-0.25, -0.2) is 0 Å². The van der Waals surface area contributed by atoms with Crippen molar-refractivity contribution in [2.75, 3.05) is 24.6 Å². The van der Waals surface area contributed by atoms with Crippen LogP contribution in [0.2, 0.25) is 0 Å². The first-order chi connectivity index (χ1) is 7.92. The molecule has 1 saturated carbocycles. The van der Waals surface area contributed by atoms with Crippen molar-refractivity contribution in [2.24, 2.45) is 0 Å². The van der Waals surface area contributed by atoms with Crippen LogP contribution in [-0.4, -0.2) is 29.5 Å². The smallest absolute Gasteiger partial charge is 0.0137 e. The monoisotopic (exact) mass is 255 g/mol. The van der Waals surface area contributed by atoms with Gasteiger partial charge in [0.15, 0.2) is 0 Å². The van der Waals surface area contributed by atoms with Crippen LogP contribution in [0.25, 0.3) is 0 Å². The van der Waals surface area contributed by atoms with Gasteiger partial charge in [0.25, 0.3) is 0 Å². The first kappa shape index (κ1) is 11.9. The normalized spacial score (nSPS) is 32.2. The second kappa shape index (κ2) is 5.24. The Morgan fingerprint density at radius 3 is 1.69 bits per heavy atom. The van der Waals surface area contributed by atoms with Gasteiger partial charge in [0, 0.05) is 4.90 Å². The average molecular weight is 255 g/mol. The fourth-order valence-electron chi connectivity index (χ4n) is 3.95. The fourth-order valence-corrected chi connectivity index (χ4v) is 12.9. The lowest BCUT2D eigenvalue weighted by Gasteiger charge is -2.47. The molecule has 0 aromatic rings. The van der Waals surface area contributed by atoms with Crippen molar-refractivity contribution in [2.45, 2.75) is 56.3 Å². The average Bonchev–Trinajstić information content (AvgIpc) is 3.04. The van der Waals surface area contributed by atoms with Crippen LogP contribution in [0.5, 0.6) is 0 Å². The molecule has 3 rings (SSSR count). The second-order valence-electron chi connectivity index (χ2n) is 5.72. The highest BCUT2D eigenvalue weighted by molar-refractivity contribution is 7.77. The minimum atomic E-state index is 0.415. The molecular formula is C14H25P2. The summed E-state index contributed by atoms with van der Waals surface area (Å²) in [4.78, 5) is 0.843.